The summed E-state index contributed by atoms with van der Waals surface area (Å²) in [6, 6.07) is 12.0. The van der Waals surface area contributed by atoms with Crippen LogP contribution >= 0.6 is 0 Å². The molecule has 2 aromatic carbocycles. The van der Waals surface area contributed by atoms with E-state index in [-0.39, 0.29) is 17.9 Å². The van der Waals surface area contributed by atoms with Crippen molar-refractivity contribution in [1.82, 2.24) is 0 Å². The number of para-hydroxylation sites is 1. The van der Waals surface area contributed by atoms with E-state index in [1.807, 2.05) is 25.1 Å². The number of rotatable bonds is 7. The molecule has 168 valence electrons. The lowest BCUT2D eigenvalue weighted by Crippen LogP contribution is -2.33. The zero-order valence-electron chi connectivity index (χ0n) is 18.2. The highest BCUT2D eigenvalue weighted by atomic mass is 32.2. The molecular weight excluding hydrogens is 420 g/mol. The summed E-state index contributed by atoms with van der Waals surface area (Å²) in [5.74, 6) is -0.832. The summed E-state index contributed by atoms with van der Waals surface area (Å²) in [6.07, 6.45) is 0.878. The van der Waals surface area contributed by atoms with Gasteiger partial charge in [-0.3, -0.25) is 8.98 Å². The average molecular weight is 449 g/mol. The molecule has 1 unspecified atom stereocenters. The van der Waals surface area contributed by atoms with Crippen LogP contribution in [0.5, 0.6) is 5.75 Å². The minimum Gasteiger partial charge on any atom is -0.460 e. The Kier molecular flexibility index (Phi) is 7.03. The second kappa shape index (κ2) is 9.38. The number of hydrogen-bond acceptors (Lipinski definition) is 7. The summed E-state index contributed by atoms with van der Waals surface area (Å²) < 4.78 is 36.0. The quantitative estimate of drug-likeness (QED) is 0.362. The Bertz CT molecular complexity index is 1020. The monoisotopic (exact) mass is 448 g/mol. The molecule has 7 nitrogen and oxygen atoms in total. The van der Waals surface area contributed by atoms with E-state index in [1.165, 1.54) is 12.1 Å². The maximum Gasteiger partial charge on any atom is 0.312 e. The molecule has 0 saturated carbocycles. The molecule has 2 aromatic rings. The van der Waals surface area contributed by atoms with Gasteiger partial charge in [0.25, 0.3) is 10.1 Å². The summed E-state index contributed by atoms with van der Waals surface area (Å²) in [5.41, 5.74) is 1.91. The van der Waals surface area contributed by atoms with E-state index in [0.29, 0.717) is 18.8 Å². The van der Waals surface area contributed by atoms with E-state index in [9.17, 15) is 13.2 Å². The number of carbonyl (C=O) groups excluding carboxylic acids is 1. The van der Waals surface area contributed by atoms with Crippen molar-refractivity contribution in [3.8, 4) is 5.75 Å². The van der Waals surface area contributed by atoms with Gasteiger partial charge < -0.3 is 9.62 Å². The standard InChI is InChI=1S/C23H28O7S/c1-16-8-10-20(11-9-16)31(25,26)28-15-19(22(24)29-23(2,3)4)14-18-7-5-6-17-12-13-27-30-21(17)18/h5-11,19H,12-15H2,1-4H3. The van der Waals surface area contributed by atoms with Crippen LogP contribution in [-0.4, -0.2) is 33.2 Å². The highest BCUT2D eigenvalue weighted by molar-refractivity contribution is 7.86. The lowest BCUT2D eigenvalue weighted by atomic mass is 9.96. The molecule has 0 amide bonds. The molecule has 0 N–H and O–H groups in total. The summed E-state index contributed by atoms with van der Waals surface area (Å²) in [5, 5.41) is 0. The topological polar surface area (TPSA) is 88.1 Å². The number of hydrogen-bond donors (Lipinski definition) is 0. The molecular formula is C23H28O7S. The lowest BCUT2D eigenvalue weighted by molar-refractivity contribution is -0.215. The van der Waals surface area contributed by atoms with Crippen LogP contribution in [0.3, 0.4) is 0 Å². The third kappa shape index (κ3) is 6.29. The van der Waals surface area contributed by atoms with Gasteiger partial charge in [0.2, 0.25) is 0 Å². The van der Waals surface area contributed by atoms with Crippen molar-refractivity contribution in [2.75, 3.05) is 13.2 Å². The van der Waals surface area contributed by atoms with E-state index < -0.39 is 27.6 Å². The van der Waals surface area contributed by atoms with Gasteiger partial charge in [-0.15, -0.1) is 0 Å². The zero-order valence-corrected chi connectivity index (χ0v) is 19.0. The van der Waals surface area contributed by atoms with Gasteiger partial charge in [0, 0.05) is 12.0 Å². The van der Waals surface area contributed by atoms with Gasteiger partial charge in [-0.2, -0.15) is 13.3 Å². The second-order valence-corrected chi connectivity index (χ2v) is 10.2. The number of carbonyl (C=O) groups is 1. The largest absolute Gasteiger partial charge is 0.460 e. The predicted octanol–water partition coefficient (Wildman–Crippen LogP) is 3.77. The van der Waals surface area contributed by atoms with Crippen LogP contribution in [0.25, 0.3) is 0 Å². The summed E-state index contributed by atoms with van der Waals surface area (Å²) >= 11 is 0. The third-order valence-electron chi connectivity index (χ3n) is 4.72. The van der Waals surface area contributed by atoms with Crippen molar-refractivity contribution < 1.29 is 31.9 Å². The Balaban J connectivity index is 1.82. The Morgan fingerprint density at radius 2 is 1.84 bits per heavy atom. The predicted molar refractivity (Wildman–Crippen MR) is 114 cm³/mol. The smallest absolute Gasteiger partial charge is 0.312 e. The first-order chi connectivity index (χ1) is 14.5. The molecule has 0 fully saturated rings. The zero-order chi connectivity index (χ0) is 22.6. The maximum absolute atomic E-state index is 12.9. The van der Waals surface area contributed by atoms with Crippen LogP contribution in [0.4, 0.5) is 0 Å². The van der Waals surface area contributed by atoms with Crippen LogP contribution in [0, 0.1) is 12.8 Å². The highest BCUT2D eigenvalue weighted by Gasteiger charge is 2.30. The first kappa shape index (κ1) is 23.2. The maximum atomic E-state index is 12.9. The van der Waals surface area contributed by atoms with Gasteiger partial charge >= 0.3 is 5.97 Å². The van der Waals surface area contributed by atoms with Crippen LogP contribution in [-0.2, 0) is 41.6 Å². The number of ether oxygens (including phenoxy) is 1. The number of benzene rings is 2. The van der Waals surface area contributed by atoms with Crippen molar-refractivity contribution in [2.45, 2.75) is 51.0 Å². The van der Waals surface area contributed by atoms with Crippen molar-refractivity contribution in [3.05, 3.63) is 59.2 Å². The molecule has 1 heterocycles. The first-order valence-electron chi connectivity index (χ1n) is 10.1. The van der Waals surface area contributed by atoms with Gasteiger partial charge in [0.05, 0.1) is 24.0 Å². The molecule has 0 saturated heterocycles. The van der Waals surface area contributed by atoms with E-state index in [0.717, 1.165) is 16.7 Å². The molecule has 0 bridgehead atoms. The van der Waals surface area contributed by atoms with Crippen molar-refractivity contribution in [3.63, 3.8) is 0 Å². The summed E-state index contributed by atoms with van der Waals surface area (Å²) in [7, 11) is -4.02. The summed E-state index contributed by atoms with van der Waals surface area (Å²) in [6.45, 7) is 7.23. The third-order valence-corrected chi connectivity index (χ3v) is 6.01. The fraction of sp³-hybridized carbons (Fsp3) is 0.435. The van der Waals surface area contributed by atoms with Gasteiger partial charge in [-0.05, 0) is 51.8 Å². The summed E-state index contributed by atoms with van der Waals surface area (Å²) in [4.78, 5) is 23.3. The number of aryl methyl sites for hydroxylation is 1. The van der Waals surface area contributed by atoms with Crippen LogP contribution in [0.1, 0.15) is 37.5 Å². The number of esters is 1. The molecule has 1 aliphatic heterocycles. The molecule has 0 radical (unpaired) electrons. The molecule has 8 heteroatoms. The molecule has 0 spiro atoms. The fourth-order valence-corrected chi connectivity index (χ4v) is 4.11. The van der Waals surface area contributed by atoms with Crippen molar-refractivity contribution in [2.24, 2.45) is 5.92 Å². The highest BCUT2D eigenvalue weighted by Crippen LogP contribution is 2.31. The second-order valence-electron chi connectivity index (χ2n) is 8.55. The minimum atomic E-state index is -4.02. The van der Waals surface area contributed by atoms with E-state index >= 15 is 0 Å². The molecule has 3 rings (SSSR count). The van der Waals surface area contributed by atoms with Gasteiger partial charge in [-0.1, -0.05) is 35.9 Å². The van der Waals surface area contributed by atoms with Gasteiger partial charge in [-0.25, -0.2) is 0 Å². The molecule has 1 atom stereocenters. The lowest BCUT2D eigenvalue weighted by Gasteiger charge is -2.25. The molecule has 0 aromatic heterocycles. The van der Waals surface area contributed by atoms with Crippen molar-refractivity contribution in [1.29, 1.82) is 0 Å². The molecule has 0 aliphatic carbocycles. The van der Waals surface area contributed by atoms with Crippen LogP contribution in [0.2, 0.25) is 0 Å². The molecule has 31 heavy (non-hydrogen) atoms. The molecule has 1 aliphatic rings. The Labute approximate surface area is 183 Å². The average Bonchev–Trinajstić information content (AvgIpc) is 2.70. The Morgan fingerprint density at radius 1 is 1.13 bits per heavy atom. The van der Waals surface area contributed by atoms with E-state index in [1.54, 1.807) is 32.9 Å². The first-order valence-corrected chi connectivity index (χ1v) is 11.6. The number of fused-ring (bicyclic) bond motifs is 1. The fourth-order valence-electron chi connectivity index (χ4n) is 3.16. The van der Waals surface area contributed by atoms with E-state index in [4.69, 9.17) is 18.7 Å². The van der Waals surface area contributed by atoms with Crippen LogP contribution < -0.4 is 4.89 Å². The van der Waals surface area contributed by atoms with E-state index in [2.05, 4.69) is 0 Å². The van der Waals surface area contributed by atoms with Crippen molar-refractivity contribution >= 4 is 16.1 Å². The Morgan fingerprint density at radius 3 is 2.52 bits per heavy atom. The Hall–Kier alpha value is -2.42. The van der Waals surface area contributed by atoms with Crippen LogP contribution in [0.15, 0.2) is 47.4 Å². The minimum absolute atomic E-state index is 0.0369. The van der Waals surface area contributed by atoms with Gasteiger partial charge in [0.15, 0.2) is 5.75 Å². The SMILES string of the molecule is Cc1ccc(S(=O)(=O)OCC(Cc2cccc3c2OOCC3)C(=O)OC(C)(C)C)cc1. The van der Waals surface area contributed by atoms with Gasteiger partial charge in [0.1, 0.15) is 5.60 Å². The normalized spacial score (nSPS) is 15.0.